The molecule has 4 atom stereocenters. The molecule has 1 aliphatic rings. The fourth-order valence-corrected chi connectivity index (χ4v) is 2.53. The molecule has 4 N–H and O–H groups in total. The molecule has 1 aliphatic heterocycles. The number of fused-ring (bicyclic) bond motifs is 1. The first-order valence-corrected chi connectivity index (χ1v) is 6.19. The standard InChI is InChI=1S/C11H15N5O4/c1-12-6-5(2-17)20-11(8(6)18)16-4-15-7-9(16)13-3-14-10(7)19/h3-6,8,11-12,17-18H,2H2,1H3,(H,13,14,19). The Morgan fingerprint density at radius 3 is 3.00 bits per heavy atom. The summed E-state index contributed by atoms with van der Waals surface area (Å²) in [5.74, 6) is 0. The molecule has 0 bridgehead atoms. The van der Waals surface area contributed by atoms with Crippen LogP contribution in [0.1, 0.15) is 6.23 Å². The summed E-state index contributed by atoms with van der Waals surface area (Å²) in [6.07, 6.45) is 0.468. The van der Waals surface area contributed by atoms with Gasteiger partial charge in [-0.25, -0.2) is 9.97 Å². The number of aromatic amines is 1. The van der Waals surface area contributed by atoms with Crippen molar-refractivity contribution >= 4 is 11.2 Å². The van der Waals surface area contributed by atoms with Crippen LogP contribution in [0, 0.1) is 0 Å². The second-order valence-electron chi connectivity index (χ2n) is 4.61. The summed E-state index contributed by atoms with van der Waals surface area (Å²) in [5, 5.41) is 22.5. The van der Waals surface area contributed by atoms with Gasteiger partial charge >= 0.3 is 0 Å². The normalized spacial score (nSPS) is 30.1. The number of nitrogens with one attached hydrogen (secondary N) is 2. The Labute approximate surface area is 113 Å². The van der Waals surface area contributed by atoms with Crippen LogP contribution in [0.3, 0.4) is 0 Å². The van der Waals surface area contributed by atoms with Crippen molar-refractivity contribution in [1.29, 1.82) is 0 Å². The van der Waals surface area contributed by atoms with Gasteiger partial charge in [0.05, 0.1) is 25.3 Å². The molecule has 0 spiro atoms. The minimum atomic E-state index is -0.893. The van der Waals surface area contributed by atoms with Crippen molar-refractivity contribution in [2.75, 3.05) is 13.7 Å². The van der Waals surface area contributed by atoms with E-state index >= 15 is 0 Å². The van der Waals surface area contributed by atoms with Crippen LogP contribution in [0.15, 0.2) is 17.4 Å². The zero-order chi connectivity index (χ0) is 14.3. The van der Waals surface area contributed by atoms with Crippen molar-refractivity contribution in [2.45, 2.75) is 24.5 Å². The van der Waals surface area contributed by atoms with Gasteiger partial charge in [-0.3, -0.25) is 9.36 Å². The predicted molar refractivity (Wildman–Crippen MR) is 68.0 cm³/mol. The molecule has 1 fully saturated rings. The molecule has 108 valence electrons. The van der Waals surface area contributed by atoms with Crippen molar-refractivity contribution < 1.29 is 14.9 Å². The lowest BCUT2D eigenvalue weighted by Crippen LogP contribution is -2.43. The number of hydrogen-bond acceptors (Lipinski definition) is 7. The fourth-order valence-electron chi connectivity index (χ4n) is 2.53. The summed E-state index contributed by atoms with van der Waals surface area (Å²) in [7, 11) is 1.68. The zero-order valence-electron chi connectivity index (χ0n) is 10.7. The van der Waals surface area contributed by atoms with Gasteiger partial charge in [-0.1, -0.05) is 0 Å². The van der Waals surface area contributed by atoms with Crippen LogP contribution < -0.4 is 10.9 Å². The molecule has 0 aromatic carbocycles. The van der Waals surface area contributed by atoms with E-state index in [1.165, 1.54) is 17.2 Å². The highest BCUT2D eigenvalue weighted by Gasteiger charge is 2.44. The fraction of sp³-hybridized carbons (Fsp3) is 0.545. The van der Waals surface area contributed by atoms with Gasteiger partial charge in [0.15, 0.2) is 17.4 Å². The number of aromatic nitrogens is 4. The third-order valence-corrected chi connectivity index (χ3v) is 3.53. The lowest BCUT2D eigenvalue weighted by molar-refractivity contribution is -0.0489. The van der Waals surface area contributed by atoms with Crippen molar-refractivity contribution in [2.24, 2.45) is 0 Å². The van der Waals surface area contributed by atoms with E-state index in [1.54, 1.807) is 7.05 Å². The lowest BCUT2D eigenvalue weighted by Gasteiger charge is -2.18. The number of H-pyrrole nitrogens is 1. The quantitative estimate of drug-likeness (QED) is 0.510. The highest BCUT2D eigenvalue weighted by molar-refractivity contribution is 5.68. The molecule has 2 aromatic rings. The first kappa shape index (κ1) is 13.2. The summed E-state index contributed by atoms with van der Waals surface area (Å²) < 4.78 is 7.12. The lowest BCUT2D eigenvalue weighted by atomic mass is 10.1. The Hall–Kier alpha value is -1.81. The molecule has 1 saturated heterocycles. The zero-order valence-corrected chi connectivity index (χ0v) is 10.7. The van der Waals surface area contributed by atoms with E-state index in [9.17, 15) is 15.0 Å². The molecule has 0 saturated carbocycles. The SMILES string of the molecule is CNC1C(CO)OC(n2cnc3c(=O)[nH]cnc32)C1O. The van der Waals surface area contributed by atoms with Gasteiger partial charge in [0.2, 0.25) is 0 Å². The van der Waals surface area contributed by atoms with Gasteiger partial charge in [0.25, 0.3) is 5.56 Å². The van der Waals surface area contributed by atoms with Gasteiger partial charge in [0.1, 0.15) is 12.2 Å². The average molecular weight is 281 g/mol. The molecule has 9 nitrogen and oxygen atoms in total. The van der Waals surface area contributed by atoms with Gasteiger partial charge in [-0.15, -0.1) is 0 Å². The number of rotatable bonds is 3. The number of nitrogens with zero attached hydrogens (tertiary/aromatic N) is 3. The number of aliphatic hydroxyl groups is 2. The molecule has 4 unspecified atom stereocenters. The van der Waals surface area contributed by atoms with E-state index in [0.29, 0.717) is 5.65 Å². The second-order valence-corrected chi connectivity index (χ2v) is 4.61. The van der Waals surface area contributed by atoms with Crippen LogP contribution in [-0.2, 0) is 4.74 Å². The summed E-state index contributed by atoms with van der Waals surface area (Å²) >= 11 is 0. The molecule has 0 aliphatic carbocycles. The van der Waals surface area contributed by atoms with Crippen molar-refractivity contribution in [3.8, 4) is 0 Å². The third kappa shape index (κ3) is 1.83. The summed E-state index contributed by atoms with van der Waals surface area (Å²) in [5.41, 5.74) is 0.146. The maximum Gasteiger partial charge on any atom is 0.278 e. The summed E-state index contributed by atoms with van der Waals surface area (Å²) in [6, 6.07) is -0.413. The summed E-state index contributed by atoms with van der Waals surface area (Å²) in [6.45, 7) is -0.223. The molecule has 2 aromatic heterocycles. The molecule has 9 heteroatoms. The van der Waals surface area contributed by atoms with E-state index in [0.717, 1.165) is 0 Å². The highest BCUT2D eigenvalue weighted by Crippen LogP contribution is 2.30. The minimum absolute atomic E-state index is 0.178. The molecule has 3 rings (SSSR count). The molecule has 3 heterocycles. The first-order chi connectivity index (χ1) is 9.67. The van der Waals surface area contributed by atoms with Crippen LogP contribution in [-0.4, -0.2) is 61.6 Å². The number of aliphatic hydroxyl groups excluding tert-OH is 2. The van der Waals surface area contributed by atoms with Crippen LogP contribution in [0.4, 0.5) is 0 Å². The molecular formula is C11H15N5O4. The van der Waals surface area contributed by atoms with Crippen LogP contribution in [0.2, 0.25) is 0 Å². The first-order valence-electron chi connectivity index (χ1n) is 6.19. The molecular weight excluding hydrogens is 266 g/mol. The van der Waals surface area contributed by atoms with E-state index in [4.69, 9.17) is 4.74 Å². The number of hydrogen-bond donors (Lipinski definition) is 4. The number of imidazole rings is 1. The third-order valence-electron chi connectivity index (χ3n) is 3.53. The van der Waals surface area contributed by atoms with Crippen molar-refractivity contribution in [1.82, 2.24) is 24.8 Å². The molecule has 0 radical (unpaired) electrons. The largest absolute Gasteiger partial charge is 0.394 e. The second kappa shape index (κ2) is 4.94. The van der Waals surface area contributed by atoms with E-state index in [2.05, 4.69) is 20.3 Å². The Bertz CT molecular complexity index is 668. The number of ether oxygens (including phenoxy) is 1. The van der Waals surface area contributed by atoms with Gasteiger partial charge < -0.3 is 25.3 Å². The van der Waals surface area contributed by atoms with Crippen LogP contribution in [0.25, 0.3) is 11.2 Å². The van der Waals surface area contributed by atoms with Gasteiger partial charge in [-0.2, -0.15) is 0 Å². The van der Waals surface area contributed by atoms with Crippen molar-refractivity contribution in [3.05, 3.63) is 23.0 Å². The highest BCUT2D eigenvalue weighted by atomic mass is 16.5. The van der Waals surface area contributed by atoms with E-state index < -0.39 is 24.5 Å². The van der Waals surface area contributed by atoms with E-state index in [-0.39, 0.29) is 17.7 Å². The van der Waals surface area contributed by atoms with E-state index in [1.807, 2.05) is 0 Å². The van der Waals surface area contributed by atoms with Crippen LogP contribution in [0.5, 0.6) is 0 Å². The smallest absolute Gasteiger partial charge is 0.278 e. The van der Waals surface area contributed by atoms with Crippen LogP contribution >= 0.6 is 0 Å². The number of likely N-dealkylation sites (N-methyl/N-ethyl adjacent to an activating group) is 1. The molecule has 20 heavy (non-hydrogen) atoms. The maximum absolute atomic E-state index is 11.6. The average Bonchev–Trinajstić information content (AvgIpc) is 3.00. The molecule has 0 amide bonds. The Kier molecular flexibility index (Phi) is 3.26. The summed E-state index contributed by atoms with van der Waals surface area (Å²) in [4.78, 5) is 22.1. The van der Waals surface area contributed by atoms with Gasteiger partial charge in [0, 0.05) is 0 Å². The Morgan fingerprint density at radius 2 is 2.35 bits per heavy atom. The topological polar surface area (TPSA) is 125 Å². The predicted octanol–water partition coefficient (Wildman–Crippen LogP) is -2.04. The van der Waals surface area contributed by atoms with Gasteiger partial charge in [-0.05, 0) is 7.05 Å². The monoisotopic (exact) mass is 281 g/mol. The van der Waals surface area contributed by atoms with Crippen molar-refractivity contribution in [3.63, 3.8) is 0 Å². The Balaban J connectivity index is 2.04. The minimum Gasteiger partial charge on any atom is -0.394 e. The maximum atomic E-state index is 11.6. The Morgan fingerprint density at radius 1 is 1.55 bits per heavy atom.